The molecule has 1 aliphatic carbocycles. The Morgan fingerprint density at radius 3 is 2.89 bits per heavy atom. The molecule has 5 nitrogen and oxygen atoms in total. The number of rotatable bonds is 7. The lowest BCUT2D eigenvalue weighted by Crippen LogP contribution is -2.26. The Hall–Kier alpha value is -2.18. The van der Waals surface area contributed by atoms with Crippen molar-refractivity contribution in [1.29, 1.82) is 0 Å². The lowest BCUT2D eigenvalue weighted by molar-refractivity contribution is 0.581. The average molecular weight is 384 g/mol. The Morgan fingerprint density at radius 2 is 2.04 bits per heavy atom. The Kier molecular flexibility index (Phi) is 5.02. The van der Waals surface area contributed by atoms with E-state index in [-0.39, 0.29) is 0 Å². The largest absolute Gasteiger partial charge is 0.332 e. The average Bonchev–Trinajstić information content (AvgIpc) is 3.27. The minimum absolute atomic E-state index is 0.373. The molecule has 0 saturated heterocycles. The Balaban J connectivity index is 1.49. The standard InChI is InChI=1S/C21H25N3O2S/c1-2-13-24-15-18(20-7-4-11-22-21(20)24)10-12-23-27(25,26)19-9-8-16-5-3-6-17(16)14-19/h4,7-9,11,14-15,23H,2-3,5-6,10,12-13H2,1H3. The second-order valence-corrected chi connectivity index (χ2v) is 8.92. The zero-order chi connectivity index (χ0) is 18.9. The van der Waals surface area contributed by atoms with Crippen LogP contribution >= 0.6 is 0 Å². The highest BCUT2D eigenvalue weighted by molar-refractivity contribution is 7.89. The highest BCUT2D eigenvalue weighted by Crippen LogP contribution is 2.25. The van der Waals surface area contributed by atoms with Crippen LogP contribution < -0.4 is 4.72 Å². The van der Waals surface area contributed by atoms with Crippen LogP contribution in [0.5, 0.6) is 0 Å². The van der Waals surface area contributed by atoms with Gasteiger partial charge < -0.3 is 4.57 Å². The lowest BCUT2D eigenvalue weighted by atomic mass is 10.1. The molecule has 0 atom stereocenters. The van der Waals surface area contributed by atoms with Crippen molar-refractivity contribution in [3.05, 3.63) is 59.4 Å². The topological polar surface area (TPSA) is 64.0 Å². The fourth-order valence-corrected chi connectivity index (χ4v) is 5.01. The SMILES string of the molecule is CCCn1cc(CCNS(=O)(=O)c2ccc3c(c2)CCC3)c2cccnc21. The minimum Gasteiger partial charge on any atom is -0.332 e. The van der Waals surface area contributed by atoms with Gasteiger partial charge in [-0.15, -0.1) is 0 Å². The molecule has 0 amide bonds. The molecule has 0 aliphatic heterocycles. The maximum absolute atomic E-state index is 12.7. The van der Waals surface area contributed by atoms with Gasteiger partial charge in [0, 0.05) is 30.9 Å². The van der Waals surface area contributed by atoms with Crippen molar-refractivity contribution in [2.45, 2.75) is 50.5 Å². The van der Waals surface area contributed by atoms with E-state index in [0.29, 0.717) is 17.9 Å². The van der Waals surface area contributed by atoms with Crippen molar-refractivity contribution in [3.8, 4) is 0 Å². The van der Waals surface area contributed by atoms with Crippen LogP contribution in [0.3, 0.4) is 0 Å². The maximum Gasteiger partial charge on any atom is 0.240 e. The van der Waals surface area contributed by atoms with E-state index in [2.05, 4.69) is 33.5 Å². The Labute approximate surface area is 160 Å². The molecule has 1 aliphatic rings. The van der Waals surface area contributed by atoms with E-state index in [1.165, 1.54) is 11.1 Å². The summed E-state index contributed by atoms with van der Waals surface area (Å²) in [7, 11) is -3.48. The number of sulfonamides is 1. The number of benzene rings is 1. The first kappa shape index (κ1) is 18.2. The predicted molar refractivity (Wildman–Crippen MR) is 107 cm³/mol. The van der Waals surface area contributed by atoms with Crippen LogP contribution in [-0.2, 0) is 35.8 Å². The summed E-state index contributed by atoms with van der Waals surface area (Å²) >= 11 is 0. The number of nitrogens with one attached hydrogen (secondary N) is 1. The molecule has 3 aromatic rings. The van der Waals surface area contributed by atoms with Crippen LogP contribution in [0.1, 0.15) is 36.5 Å². The number of aromatic nitrogens is 2. The van der Waals surface area contributed by atoms with E-state index in [1.54, 1.807) is 12.3 Å². The Bertz CT molecular complexity index is 1070. The monoisotopic (exact) mass is 383 g/mol. The van der Waals surface area contributed by atoms with Crippen LogP contribution in [0, 0.1) is 0 Å². The van der Waals surface area contributed by atoms with E-state index in [1.807, 2.05) is 18.2 Å². The van der Waals surface area contributed by atoms with Gasteiger partial charge >= 0.3 is 0 Å². The van der Waals surface area contributed by atoms with Gasteiger partial charge in [0.15, 0.2) is 0 Å². The van der Waals surface area contributed by atoms with Gasteiger partial charge in [-0.2, -0.15) is 0 Å². The van der Waals surface area contributed by atoms with Gasteiger partial charge in [-0.05, 0) is 73.1 Å². The fourth-order valence-electron chi connectivity index (χ4n) is 3.92. The van der Waals surface area contributed by atoms with Crippen LogP contribution in [0.15, 0.2) is 47.6 Å². The molecule has 0 radical (unpaired) electrons. The number of hydrogen-bond donors (Lipinski definition) is 1. The van der Waals surface area contributed by atoms with Gasteiger partial charge in [0.05, 0.1) is 4.90 Å². The first-order valence-corrected chi connectivity index (χ1v) is 11.1. The number of hydrogen-bond acceptors (Lipinski definition) is 3. The molecule has 27 heavy (non-hydrogen) atoms. The summed E-state index contributed by atoms with van der Waals surface area (Å²) in [5.74, 6) is 0. The van der Waals surface area contributed by atoms with E-state index >= 15 is 0 Å². The smallest absolute Gasteiger partial charge is 0.240 e. The van der Waals surface area contributed by atoms with Gasteiger partial charge in [-0.25, -0.2) is 18.1 Å². The minimum atomic E-state index is -3.48. The molecule has 4 rings (SSSR count). The van der Waals surface area contributed by atoms with E-state index in [9.17, 15) is 8.42 Å². The summed E-state index contributed by atoms with van der Waals surface area (Å²) in [6, 6.07) is 9.50. The number of aryl methyl sites for hydroxylation is 3. The summed E-state index contributed by atoms with van der Waals surface area (Å²) in [6.07, 6.45) is 8.72. The summed E-state index contributed by atoms with van der Waals surface area (Å²) in [4.78, 5) is 4.86. The lowest BCUT2D eigenvalue weighted by Gasteiger charge is -2.08. The molecule has 6 heteroatoms. The van der Waals surface area contributed by atoms with Gasteiger partial charge in [-0.3, -0.25) is 0 Å². The van der Waals surface area contributed by atoms with Gasteiger partial charge in [0.1, 0.15) is 5.65 Å². The molecular weight excluding hydrogens is 358 g/mol. The Morgan fingerprint density at radius 1 is 1.19 bits per heavy atom. The molecule has 0 saturated carbocycles. The van der Waals surface area contributed by atoms with Gasteiger partial charge in [-0.1, -0.05) is 13.0 Å². The molecule has 0 bridgehead atoms. The fraction of sp³-hybridized carbons (Fsp3) is 0.381. The number of fused-ring (bicyclic) bond motifs is 2. The number of pyridine rings is 1. The maximum atomic E-state index is 12.7. The van der Waals surface area contributed by atoms with E-state index in [0.717, 1.165) is 48.8 Å². The molecular formula is C21H25N3O2S. The van der Waals surface area contributed by atoms with Crippen LogP contribution in [0.4, 0.5) is 0 Å². The van der Waals surface area contributed by atoms with Crippen molar-refractivity contribution < 1.29 is 8.42 Å². The number of nitrogens with zero attached hydrogens (tertiary/aromatic N) is 2. The van der Waals surface area contributed by atoms with Crippen molar-refractivity contribution in [1.82, 2.24) is 14.3 Å². The van der Waals surface area contributed by atoms with Crippen LogP contribution in [0.2, 0.25) is 0 Å². The molecule has 2 aromatic heterocycles. The summed E-state index contributed by atoms with van der Waals surface area (Å²) < 4.78 is 30.2. The van der Waals surface area contributed by atoms with E-state index < -0.39 is 10.0 Å². The first-order chi connectivity index (χ1) is 13.1. The molecule has 1 aromatic carbocycles. The highest BCUT2D eigenvalue weighted by Gasteiger charge is 2.18. The second kappa shape index (κ2) is 7.44. The van der Waals surface area contributed by atoms with Crippen molar-refractivity contribution in [3.63, 3.8) is 0 Å². The van der Waals surface area contributed by atoms with Gasteiger partial charge in [0.2, 0.25) is 10.0 Å². The molecule has 0 fully saturated rings. The van der Waals surface area contributed by atoms with Crippen molar-refractivity contribution in [2.75, 3.05) is 6.54 Å². The first-order valence-electron chi connectivity index (χ1n) is 9.62. The third-order valence-electron chi connectivity index (χ3n) is 5.25. The summed E-state index contributed by atoms with van der Waals surface area (Å²) in [6.45, 7) is 3.42. The second-order valence-electron chi connectivity index (χ2n) is 7.15. The van der Waals surface area contributed by atoms with E-state index in [4.69, 9.17) is 0 Å². The highest BCUT2D eigenvalue weighted by atomic mass is 32.2. The predicted octanol–water partition coefficient (Wildman–Crippen LogP) is 3.46. The van der Waals surface area contributed by atoms with Crippen molar-refractivity contribution >= 4 is 21.1 Å². The summed E-state index contributed by atoms with van der Waals surface area (Å²) in [5, 5.41) is 1.10. The molecule has 0 spiro atoms. The van der Waals surface area contributed by atoms with Crippen LogP contribution in [-0.4, -0.2) is 24.5 Å². The van der Waals surface area contributed by atoms with Crippen LogP contribution in [0.25, 0.3) is 11.0 Å². The molecule has 1 N–H and O–H groups in total. The third kappa shape index (κ3) is 3.64. The quantitative estimate of drug-likeness (QED) is 0.680. The summed E-state index contributed by atoms with van der Waals surface area (Å²) in [5.41, 5.74) is 4.55. The zero-order valence-corrected chi connectivity index (χ0v) is 16.4. The third-order valence-corrected chi connectivity index (χ3v) is 6.71. The van der Waals surface area contributed by atoms with Crippen molar-refractivity contribution in [2.24, 2.45) is 0 Å². The zero-order valence-electron chi connectivity index (χ0n) is 15.6. The molecule has 0 unspecified atom stereocenters. The molecule has 2 heterocycles. The normalized spacial score (nSPS) is 14.0. The molecule has 142 valence electrons. The van der Waals surface area contributed by atoms with Gasteiger partial charge in [0.25, 0.3) is 0 Å².